The second kappa shape index (κ2) is 8.78. The monoisotopic (exact) mass is 393 g/mol. The number of likely N-dealkylation sites (tertiary alicyclic amines) is 1. The molecule has 0 N–H and O–H groups in total. The highest BCUT2D eigenvalue weighted by molar-refractivity contribution is 7.99. The Kier molecular flexibility index (Phi) is 6.43. The maximum atomic E-state index is 14.0. The Hall–Kier alpha value is -1.72. The lowest BCUT2D eigenvalue weighted by atomic mass is 9.98. The van der Waals surface area contributed by atoms with E-state index < -0.39 is 5.82 Å². The van der Waals surface area contributed by atoms with E-state index in [1.807, 2.05) is 23.9 Å². The van der Waals surface area contributed by atoms with E-state index in [1.165, 1.54) is 17.0 Å². The van der Waals surface area contributed by atoms with E-state index in [0.29, 0.717) is 19.0 Å². The van der Waals surface area contributed by atoms with Gasteiger partial charge in [-0.15, -0.1) is 11.8 Å². The number of benzene rings is 2. The second-order valence-electron chi connectivity index (χ2n) is 6.32. The van der Waals surface area contributed by atoms with E-state index in [4.69, 9.17) is 16.3 Å². The van der Waals surface area contributed by atoms with Crippen LogP contribution in [-0.2, 0) is 0 Å². The molecule has 0 aliphatic carbocycles. The van der Waals surface area contributed by atoms with Crippen LogP contribution in [0.25, 0.3) is 0 Å². The van der Waals surface area contributed by atoms with Crippen molar-refractivity contribution < 1.29 is 13.9 Å². The van der Waals surface area contributed by atoms with Gasteiger partial charge < -0.3 is 9.64 Å². The van der Waals surface area contributed by atoms with Crippen LogP contribution in [0.2, 0.25) is 5.02 Å². The maximum Gasteiger partial charge on any atom is 0.258 e. The summed E-state index contributed by atoms with van der Waals surface area (Å²) in [5.41, 5.74) is -0.0137. The minimum Gasteiger partial charge on any atom is -0.497 e. The van der Waals surface area contributed by atoms with Crippen LogP contribution in [0.5, 0.6) is 5.75 Å². The molecule has 3 rings (SSSR count). The Morgan fingerprint density at radius 2 is 1.92 bits per heavy atom. The molecule has 3 nitrogen and oxygen atoms in total. The number of piperidine rings is 1. The molecule has 1 aliphatic rings. The first kappa shape index (κ1) is 19.1. The van der Waals surface area contributed by atoms with Gasteiger partial charge in [0.1, 0.15) is 11.6 Å². The quantitative estimate of drug-likeness (QED) is 0.659. The average Bonchev–Trinajstić information content (AvgIpc) is 2.67. The van der Waals surface area contributed by atoms with Crippen LogP contribution in [0.4, 0.5) is 4.39 Å². The molecule has 0 aromatic heterocycles. The molecule has 2 aromatic carbocycles. The number of halogens is 2. The second-order valence-corrected chi connectivity index (χ2v) is 7.82. The van der Waals surface area contributed by atoms with Crippen molar-refractivity contribution in [2.75, 3.05) is 26.0 Å². The zero-order valence-corrected chi connectivity index (χ0v) is 16.2. The Morgan fingerprint density at radius 1 is 1.23 bits per heavy atom. The fourth-order valence-electron chi connectivity index (χ4n) is 3.05. The molecule has 0 saturated carbocycles. The molecular weight excluding hydrogens is 373 g/mol. The summed E-state index contributed by atoms with van der Waals surface area (Å²) in [5.74, 6) is 1.54. The summed E-state index contributed by atoms with van der Waals surface area (Å²) >= 11 is 7.83. The van der Waals surface area contributed by atoms with Crippen molar-refractivity contribution in [1.82, 2.24) is 4.90 Å². The first-order valence-corrected chi connectivity index (χ1v) is 9.95. The summed E-state index contributed by atoms with van der Waals surface area (Å²) in [6.07, 6.45) is 1.84. The van der Waals surface area contributed by atoms with Crippen LogP contribution in [0, 0.1) is 11.7 Å². The molecule has 1 heterocycles. The third-order valence-corrected chi connectivity index (χ3v) is 6.18. The van der Waals surface area contributed by atoms with Gasteiger partial charge >= 0.3 is 0 Å². The number of hydrogen-bond acceptors (Lipinski definition) is 3. The van der Waals surface area contributed by atoms with Crippen LogP contribution >= 0.6 is 23.4 Å². The molecule has 2 aromatic rings. The zero-order valence-electron chi connectivity index (χ0n) is 14.6. The Balaban J connectivity index is 1.51. The van der Waals surface area contributed by atoms with E-state index in [9.17, 15) is 9.18 Å². The van der Waals surface area contributed by atoms with Gasteiger partial charge in [-0.3, -0.25) is 4.79 Å². The topological polar surface area (TPSA) is 29.5 Å². The summed E-state index contributed by atoms with van der Waals surface area (Å²) in [4.78, 5) is 15.5. The highest BCUT2D eigenvalue weighted by Gasteiger charge is 2.26. The summed E-state index contributed by atoms with van der Waals surface area (Å²) in [7, 11) is 1.66. The van der Waals surface area contributed by atoms with Gasteiger partial charge in [-0.2, -0.15) is 0 Å². The maximum absolute atomic E-state index is 14.0. The number of amides is 1. The van der Waals surface area contributed by atoms with Crippen molar-refractivity contribution in [2.24, 2.45) is 5.92 Å². The minimum absolute atomic E-state index is 0.0137. The van der Waals surface area contributed by atoms with Gasteiger partial charge in [-0.25, -0.2) is 4.39 Å². The van der Waals surface area contributed by atoms with Crippen molar-refractivity contribution in [3.05, 3.63) is 58.9 Å². The van der Waals surface area contributed by atoms with Gasteiger partial charge in [0.2, 0.25) is 0 Å². The fraction of sp³-hybridized carbons (Fsp3) is 0.350. The van der Waals surface area contributed by atoms with Crippen molar-refractivity contribution in [3.63, 3.8) is 0 Å². The Morgan fingerprint density at radius 3 is 2.54 bits per heavy atom. The molecule has 26 heavy (non-hydrogen) atoms. The van der Waals surface area contributed by atoms with Gasteiger partial charge in [0, 0.05) is 23.7 Å². The lowest BCUT2D eigenvalue weighted by Crippen LogP contribution is -2.39. The molecule has 1 aliphatic heterocycles. The standard InChI is InChI=1S/C20H21ClFNO2S/c1-25-15-5-7-16(8-6-15)26-13-14-9-11-23(12-10-14)20(24)19-17(21)3-2-4-18(19)22/h2-8,14H,9-13H2,1H3. The van der Waals surface area contributed by atoms with Crippen molar-refractivity contribution in [1.29, 1.82) is 0 Å². The first-order valence-electron chi connectivity index (χ1n) is 8.58. The fourth-order valence-corrected chi connectivity index (χ4v) is 4.38. The van der Waals surface area contributed by atoms with Gasteiger partial charge in [-0.1, -0.05) is 17.7 Å². The van der Waals surface area contributed by atoms with E-state index >= 15 is 0 Å². The van der Waals surface area contributed by atoms with E-state index in [1.54, 1.807) is 18.1 Å². The molecule has 1 fully saturated rings. The number of rotatable bonds is 5. The van der Waals surface area contributed by atoms with Gasteiger partial charge in [0.05, 0.1) is 17.7 Å². The van der Waals surface area contributed by atoms with Crippen LogP contribution in [0.1, 0.15) is 23.2 Å². The number of methoxy groups -OCH3 is 1. The normalized spacial score (nSPS) is 15.1. The highest BCUT2D eigenvalue weighted by atomic mass is 35.5. The smallest absolute Gasteiger partial charge is 0.258 e. The number of nitrogens with zero attached hydrogens (tertiary/aromatic N) is 1. The van der Waals surface area contributed by atoms with E-state index in [2.05, 4.69) is 12.1 Å². The Bertz CT molecular complexity index is 741. The van der Waals surface area contributed by atoms with Gasteiger partial charge in [0.15, 0.2) is 0 Å². The SMILES string of the molecule is COc1ccc(SCC2CCN(C(=O)c3c(F)cccc3Cl)CC2)cc1. The Labute approximate surface area is 162 Å². The lowest BCUT2D eigenvalue weighted by molar-refractivity contribution is 0.0694. The summed E-state index contributed by atoms with van der Waals surface area (Å²) < 4.78 is 19.1. The minimum atomic E-state index is -0.556. The first-order chi connectivity index (χ1) is 12.6. The van der Waals surface area contributed by atoms with Crippen molar-refractivity contribution in [2.45, 2.75) is 17.7 Å². The predicted molar refractivity (Wildman–Crippen MR) is 104 cm³/mol. The van der Waals surface area contributed by atoms with Crippen LogP contribution in [0.3, 0.4) is 0 Å². The van der Waals surface area contributed by atoms with E-state index in [0.717, 1.165) is 24.3 Å². The number of carbonyl (C=O) groups excluding carboxylic acids is 1. The average molecular weight is 394 g/mol. The van der Waals surface area contributed by atoms with Crippen molar-refractivity contribution in [3.8, 4) is 5.75 Å². The molecule has 0 atom stereocenters. The summed E-state index contributed by atoms with van der Waals surface area (Å²) in [5, 5.41) is 0.173. The summed E-state index contributed by atoms with van der Waals surface area (Å²) in [6, 6.07) is 12.4. The molecule has 0 radical (unpaired) electrons. The number of carbonyl (C=O) groups is 1. The molecule has 1 amide bonds. The highest BCUT2D eigenvalue weighted by Crippen LogP contribution is 2.29. The van der Waals surface area contributed by atoms with Crippen LogP contribution < -0.4 is 4.74 Å². The van der Waals surface area contributed by atoms with Gasteiger partial charge in [-0.05, 0) is 55.2 Å². The lowest BCUT2D eigenvalue weighted by Gasteiger charge is -2.32. The third-order valence-electron chi connectivity index (χ3n) is 4.62. The summed E-state index contributed by atoms with van der Waals surface area (Å²) in [6.45, 7) is 1.27. The van der Waals surface area contributed by atoms with Crippen LogP contribution in [0.15, 0.2) is 47.4 Å². The molecule has 0 bridgehead atoms. The molecule has 6 heteroatoms. The van der Waals surface area contributed by atoms with Gasteiger partial charge in [0.25, 0.3) is 5.91 Å². The zero-order chi connectivity index (χ0) is 18.5. The molecule has 138 valence electrons. The number of ether oxygens (including phenoxy) is 1. The third kappa shape index (κ3) is 4.51. The number of hydrogen-bond donors (Lipinski definition) is 0. The molecular formula is C20H21ClFNO2S. The molecule has 0 spiro atoms. The molecule has 1 saturated heterocycles. The predicted octanol–water partition coefficient (Wildman–Crippen LogP) is 5.13. The number of thioether (sulfide) groups is 1. The van der Waals surface area contributed by atoms with Crippen LogP contribution in [-0.4, -0.2) is 36.8 Å². The molecule has 0 unspecified atom stereocenters. The van der Waals surface area contributed by atoms with Crippen molar-refractivity contribution >= 4 is 29.3 Å². The largest absolute Gasteiger partial charge is 0.497 e. The van der Waals surface area contributed by atoms with E-state index in [-0.39, 0.29) is 16.5 Å².